The van der Waals surface area contributed by atoms with E-state index in [9.17, 15) is 9.59 Å². The molecule has 1 saturated heterocycles. The minimum Gasteiger partial charge on any atom is -0.302 e. The van der Waals surface area contributed by atoms with E-state index in [1.54, 1.807) is 5.01 Å². The van der Waals surface area contributed by atoms with Crippen LogP contribution in [0, 0.1) is 17.3 Å². The van der Waals surface area contributed by atoms with Crippen molar-refractivity contribution in [3.63, 3.8) is 0 Å². The van der Waals surface area contributed by atoms with E-state index in [0.717, 1.165) is 45.3 Å². The monoisotopic (exact) mass is 337 g/mol. The lowest BCUT2D eigenvalue weighted by molar-refractivity contribution is -0.147. The quantitative estimate of drug-likeness (QED) is 0.757. The van der Waals surface area contributed by atoms with E-state index in [-0.39, 0.29) is 28.9 Å². The van der Waals surface area contributed by atoms with Crippen LogP contribution in [0.25, 0.3) is 0 Å². The van der Waals surface area contributed by atoms with Crippen molar-refractivity contribution in [2.75, 3.05) is 33.2 Å². The highest BCUT2D eigenvalue weighted by Crippen LogP contribution is 2.36. The Labute approximate surface area is 147 Å². The number of Topliss-reactive ketones (excluding diaryl/α,β-unsaturated/α-hetero) is 1. The zero-order chi connectivity index (χ0) is 17.7. The molecule has 2 unspecified atom stereocenters. The molecule has 1 aliphatic carbocycles. The largest absolute Gasteiger partial charge is 0.302 e. The first-order chi connectivity index (χ1) is 11.3. The van der Waals surface area contributed by atoms with Crippen molar-refractivity contribution in [2.24, 2.45) is 17.3 Å². The lowest BCUT2D eigenvalue weighted by Crippen LogP contribution is -2.51. The molecule has 2 rings (SSSR count). The number of carbonyl (C=O) groups is 2. The highest BCUT2D eigenvalue weighted by Gasteiger charge is 2.41. The summed E-state index contributed by atoms with van der Waals surface area (Å²) in [5.74, 6) is 0.0838. The number of likely N-dealkylation sites (tertiary alicyclic amines) is 1. The Morgan fingerprint density at radius 1 is 1.04 bits per heavy atom. The fraction of sp³-hybridized carbons (Fsp3) is 0.895. The molecule has 0 aromatic carbocycles. The number of nitrogens with zero attached hydrogens (tertiary/aromatic N) is 2. The molecule has 0 radical (unpaired) electrons. The second-order valence-electron chi connectivity index (χ2n) is 8.37. The number of hydrazine groups is 1. The summed E-state index contributed by atoms with van der Waals surface area (Å²) in [6.45, 7) is 9.79. The first-order valence-corrected chi connectivity index (χ1v) is 9.60. The van der Waals surface area contributed by atoms with Crippen molar-refractivity contribution in [2.45, 2.75) is 59.3 Å². The minimum absolute atomic E-state index is 0.110. The maximum Gasteiger partial charge on any atom is 0.240 e. The van der Waals surface area contributed by atoms with Gasteiger partial charge in [-0.3, -0.25) is 14.6 Å². The van der Waals surface area contributed by atoms with Gasteiger partial charge in [-0.05, 0) is 38.8 Å². The normalized spacial score (nSPS) is 25.7. The molecule has 5 nitrogen and oxygen atoms in total. The molecular weight excluding hydrogens is 302 g/mol. The summed E-state index contributed by atoms with van der Waals surface area (Å²) < 4.78 is 0. The second kappa shape index (κ2) is 8.43. The van der Waals surface area contributed by atoms with E-state index in [4.69, 9.17) is 0 Å². The molecule has 0 aromatic rings. The van der Waals surface area contributed by atoms with Crippen molar-refractivity contribution >= 4 is 11.7 Å². The third-order valence-corrected chi connectivity index (χ3v) is 5.53. The third kappa shape index (κ3) is 4.79. The van der Waals surface area contributed by atoms with Crippen molar-refractivity contribution in [1.82, 2.24) is 15.3 Å². The van der Waals surface area contributed by atoms with Gasteiger partial charge in [0.1, 0.15) is 5.78 Å². The highest BCUT2D eigenvalue weighted by molar-refractivity contribution is 5.91. The van der Waals surface area contributed by atoms with Gasteiger partial charge in [0.25, 0.3) is 0 Å². The molecule has 0 aromatic heterocycles. The van der Waals surface area contributed by atoms with Crippen LogP contribution >= 0.6 is 0 Å². The molecule has 1 heterocycles. The Morgan fingerprint density at radius 3 is 2.17 bits per heavy atom. The van der Waals surface area contributed by atoms with Crippen molar-refractivity contribution in [3.05, 3.63) is 0 Å². The molecule has 138 valence electrons. The standard InChI is InChI=1S/C19H35N3O2/c1-19(2,3)17(23)15-9-5-6-10-16(15)18(24)22(20-4)14-13-21-11-7-8-12-21/h15-16,20H,5-14H2,1-4H3. The molecule has 5 heteroatoms. The van der Waals surface area contributed by atoms with Gasteiger partial charge in [-0.2, -0.15) is 0 Å². The molecule has 1 amide bonds. The summed E-state index contributed by atoms with van der Waals surface area (Å²) in [4.78, 5) is 28.3. The molecule has 1 N–H and O–H groups in total. The summed E-state index contributed by atoms with van der Waals surface area (Å²) in [6.07, 6.45) is 6.33. The van der Waals surface area contributed by atoms with Gasteiger partial charge in [-0.25, -0.2) is 5.43 Å². The lowest BCUT2D eigenvalue weighted by atomic mass is 9.70. The zero-order valence-electron chi connectivity index (χ0n) is 15.9. The van der Waals surface area contributed by atoms with Crippen LogP contribution in [0.3, 0.4) is 0 Å². The van der Waals surface area contributed by atoms with Gasteiger partial charge in [-0.1, -0.05) is 33.6 Å². The molecule has 2 atom stereocenters. The van der Waals surface area contributed by atoms with Crippen LogP contribution in [0.15, 0.2) is 0 Å². The number of hydrogen-bond acceptors (Lipinski definition) is 4. The van der Waals surface area contributed by atoms with Crippen LogP contribution in [-0.4, -0.2) is 54.8 Å². The maximum absolute atomic E-state index is 13.1. The van der Waals surface area contributed by atoms with Gasteiger partial charge < -0.3 is 4.90 Å². The Kier molecular flexibility index (Phi) is 6.81. The fourth-order valence-corrected chi connectivity index (χ4v) is 4.08. The second-order valence-corrected chi connectivity index (χ2v) is 8.37. The number of rotatable bonds is 6. The van der Waals surface area contributed by atoms with Crippen molar-refractivity contribution in [3.8, 4) is 0 Å². The van der Waals surface area contributed by atoms with Gasteiger partial charge in [0.05, 0.1) is 6.54 Å². The fourth-order valence-electron chi connectivity index (χ4n) is 4.08. The van der Waals surface area contributed by atoms with Gasteiger partial charge >= 0.3 is 0 Å². The van der Waals surface area contributed by atoms with E-state index in [2.05, 4.69) is 10.3 Å². The van der Waals surface area contributed by atoms with E-state index in [1.165, 1.54) is 12.8 Å². The first kappa shape index (κ1) is 19.4. The molecule has 0 spiro atoms. The van der Waals surface area contributed by atoms with Crippen LogP contribution < -0.4 is 5.43 Å². The van der Waals surface area contributed by atoms with Crippen LogP contribution in [0.4, 0.5) is 0 Å². The van der Waals surface area contributed by atoms with Crippen LogP contribution in [0.2, 0.25) is 0 Å². The first-order valence-electron chi connectivity index (χ1n) is 9.60. The predicted octanol–water partition coefficient (Wildman–Crippen LogP) is 2.47. The Balaban J connectivity index is 2.01. The van der Waals surface area contributed by atoms with Gasteiger partial charge in [0.2, 0.25) is 5.91 Å². The van der Waals surface area contributed by atoms with E-state index in [1.807, 2.05) is 27.8 Å². The van der Waals surface area contributed by atoms with Crippen LogP contribution in [0.5, 0.6) is 0 Å². The average Bonchev–Trinajstić information content (AvgIpc) is 3.07. The zero-order valence-corrected chi connectivity index (χ0v) is 15.9. The number of amides is 1. The maximum atomic E-state index is 13.1. The molecule has 1 aliphatic heterocycles. The van der Waals surface area contributed by atoms with Crippen LogP contribution in [0.1, 0.15) is 59.3 Å². The average molecular weight is 338 g/mol. The Bertz CT molecular complexity index is 438. The Hall–Kier alpha value is -0.940. The minimum atomic E-state index is -0.374. The lowest BCUT2D eigenvalue weighted by Gasteiger charge is -2.36. The summed E-state index contributed by atoms with van der Waals surface area (Å²) in [6, 6.07) is 0. The number of ketones is 1. The summed E-state index contributed by atoms with van der Waals surface area (Å²) in [5.41, 5.74) is 2.69. The van der Waals surface area contributed by atoms with E-state index >= 15 is 0 Å². The topological polar surface area (TPSA) is 52.6 Å². The molecular formula is C19H35N3O2. The molecule has 1 saturated carbocycles. The molecule has 2 aliphatic rings. The van der Waals surface area contributed by atoms with E-state index < -0.39 is 0 Å². The summed E-state index contributed by atoms with van der Waals surface area (Å²) in [5, 5.41) is 1.75. The number of hydrogen-bond donors (Lipinski definition) is 1. The Morgan fingerprint density at radius 2 is 1.62 bits per heavy atom. The molecule has 0 bridgehead atoms. The van der Waals surface area contributed by atoms with E-state index in [0.29, 0.717) is 6.54 Å². The summed E-state index contributed by atoms with van der Waals surface area (Å²) in [7, 11) is 1.81. The smallest absolute Gasteiger partial charge is 0.240 e. The highest BCUT2D eigenvalue weighted by atomic mass is 16.2. The third-order valence-electron chi connectivity index (χ3n) is 5.53. The molecule has 2 fully saturated rings. The molecule has 24 heavy (non-hydrogen) atoms. The van der Waals surface area contributed by atoms with Gasteiger partial charge in [0.15, 0.2) is 0 Å². The van der Waals surface area contributed by atoms with Gasteiger partial charge in [-0.15, -0.1) is 0 Å². The van der Waals surface area contributed by atoms with Crippen molar-refractivity contribution < 1.29 is 9.59 Å². The van der Waals surface area contributed by atoms with Gasteiger partial charge in [0, 0.05) is 30.8 Å². The van der Waals surface area contributed by atoms with Crippen molar-refractivity contribution in [1.29, 1.82) is 0 Å². The SMILES string of the molecule is CNN(CCN1CCCC1)C(=O)C1CCCCC1C(=O)C(C)(C)C. The summed E-state index contributed by atoms with van der Waals surface area (Å²) >= 11 is 0. The number of carbonyl (C=O) groups excluding carboxylic acids is 2. The van der Waals surface area contributed by atoms with Crippen LogP contribution in [-0.2, 0) is 9.59 Å². The number of nitrogens with one attached hydrogen (secondary N) is 1. The predicted molar refractivity (Wildman–Crippen MR) is 96.4 cm³/mol.